The van der Waals surface area contributed by atoms with Crippen LogP contribution in [0, 0.1) is 0 Å². The van der Waals surface area contributed by atoms with Gasteiger partial charge in [-0.15, -0.1) is 0 Å². The van der Waals surface area contributed by atoms with E-state index in [1.54, 1.807) is 12.1 Å². The summed E-state index contributed by atoms with van der Waals surface area (Å²) in [6.45, 7) is 4.64. The second-order valence-electron chi connectivity index (χ2n) is 5.51. The van der Waals surface area contributed by atoms with Crippen LogP contribution in [0.15, 0.2) is 53.0 Å². The number of hydrogen-bond donors (Lipinski definition) is 1. The molecule has 0 radical (unpaired) electrons. The molecule has 3 nitrogen and oxygen atoms in total. The van der Waals surface area contributed by atoms with Gasteiger partial charge in [0, 0.05) is 18.0 Å². The van der Waals surface area contributed by atoms with Crippen molar-refractivity contribution in [3.8, 4) is 5.75 Å². The van der Waals surface area contributed by atoms with E-state index in [0.717, 1.165) is 23.1 Å². The molecule has 2 aromatic carbocycles. The molecule has 2 aromatic rings. The Balaban J connectivity index is 1.92. The SMILES string of the molecule is CCC(C)NC(=O)c1ccc(OCCc2ccccc2)c(Br)c1. The molecule has 0 saturated carbocycles. The first kappa shape index (κ1) is 17.5. The van der Waals surface area contributed by atoms with Gasteiger partial charge < -0.3 is 10.1 Å². The Morgan fingerprint density at radius 1 is 1.22 bits per heavy atom. The number of ether oxygens (including phenoxy) is 1. The van der Waals surface area contributed by atoms with Crippen molar-refractivity contribution in [2.24, 2.45) is 0 Å². The van der Waals surface area contributed by atoms with Crippen LogP contribution in [0.5, 0.6) is 5.75 Å². The molecule has 0 saturated heterocycles. The smallest absolute Gasteiger partial charge is 0.251 e. The summed E-state index contributed by atoms with van der Waals surface area (Å²) in [5.41, 5.74) is 1.88. The number of hydrogen-bond acceptors (Lipinski definition) is 2. The summed E-state index contributed by atoms with van der Waals surface area (Å²) in [7, 11) is 0. The number of rotatable bonds is 7. The molecule has 0 aliphatic rings. The fraction of sp³-hybridized carbons (Fsp3) is 0.316. The molecular formula is C19H22BrNO2. The molecule has 0 aromatic heterocycles. The lowest BCUT2D eigenvalue weighted by Gasteiger charge is -2.13. The van der Waals surface area contributed by atoms with Crippen molar-refractivity contribution in [1.29, 1.82) is 0 Å². The Morgan fingerprint density at radius 3 is 2.61 bits per heavy atom. The van der Waals surface area contributed by atoms with E-state index in [2.05, 4.69) is 33.4 Å². The normalized spacial score (nSPS) is 11.8. The van der Waals surface area contributed by atoms with Crippen LogP contribution in [0.25, 0.3) is 0 Å². The zero-order valence-corrected chi connectivity index (χ0v) is 15.1. The van der Waals surface area contributed by atoms with E-state index in [9.17, 15) is 4.79 Å². The van der Waals surface area contributed by atoms with Gasteiger partial charge in [0.15, 0.2) is 0 Å². The molecule has 122 valence electrons. The maximum atomic E-state index is 12.1. The highest BCUT2D eigenvalue weighted by molar-refractivity contribution is 9.10. The summed E-state index contributed by atoms with van der Waals surface area (Å²) in [6, 6.07) is 15.8. The highest BCUT2D eigenvalue weighted by Crippen LogP contribution is 2.26. The molecule has 0 aliphatic heterocycles. The van der Waals surface area contributed by atoms with Gasteiger partial charge in [-0.3, -0.25) is 4.79 Å². The molecule has 4 heteroatoms. The minimum absolute atomic E-state index is 0.0594. The number of benzene rings is 2. The predicted molar refractivity (Wildman–Crippen MR) is 97.0 cm³/mol. The fourth-order valence-corrected chi connectivity index (χ4v) is 2.59. The Bertz CT molecular complexity index is 643. The number of amides is 1. The summed E-state index contributed by atoms with van der Waals surface area (Å²) in [5.74, 6) is 0.692. The molecular weight excluding hydrogens is 354 g/mol. The third-order valence-corrected chi connectivity index (χ3v) is 4.29. The lowest BCUT2D eigenvalue weighted by atomic mass is 10.1. The zero-order chi connectivity index (χ0) is 16.7. The summed E-state index contributed by atoms with van der Waals surface area (Å²) >= 11 is 3.48. The van der Waals surface area contributed by atoms with Gasteiger partial charge in [-0.25, -0.2) is 0 Å². The van der Waals surface area contributed by atoms with Crippen molar-refractivity contribution in [3.05, 3.63) is 64.1 Å². The standard InChI is InChI=1S/C19H22BrNO2/c1-3-14(2)21-19(22)16-9-10-18(17(20)13-16)23-12-11-15-7-5-4-6-8-15/h4-10,13-14H,3,11-12H2,1-2H3,(H,21,22). The molecule has 1 amide bonds. The molecule has 2 rings (SSSR count). The van der Waals surface area contributed by atoms with Crippen LogP contribution < -0.4 is 10.1 Å². The molecule has 1 unspecified atom stereocenters. The van der Waals surface area contributed by atoms with Gasteiger partial charge in [0.05, 0.1) is 11.1 Å². The maximum absolute atomic E-state index is 12.1. The van der Waals surface area contributed by atoms with Crippen molar-refractivity contribution < 1.29 is 9.53 Å². The van der Waals surface area contributed by atoms with Crippen LogP contribution in [0.4, 0.5) is 0 Å². The van der Waals surface area contributed by atoms with Crippen LogP contribution in [0.1, 0.15) is 36.2 Å². The summed E-state index contributed by atoms with van der Waals surface area (Å²) in [5, 5.41) is 2.96. The van der Waals surface area contributed by atoms with Gasteiger partial charge in [-0.2, -0.15) is 0 Å². The highest BCUT2D eigenvalue weighted by Gasteiger charge is 2.11. The lowest BCUT2D eigenvalue weighted by molar-refractivity contribution is 0.0939. The molecule has 23 heavy (non-hydrogen) atoms. The molecule has 1 N–H and O–H groups in total. The van der Waals surface area contributed by atoms with E-state index in [1.165, 1.54) is 5.56 Å². The van der Waals surface area contributed by atoms with Gasteiger partial charge in [0.25, 0.3) is 5.91 Å². The Morgan fingerprint density at radius 2 is 1.96 bits per heavy atom. The van der Waals surface area contributed by atoms with E-state index in [-0.39, 0.29) is 11.9 Å². The van der Waals surface area contributed by atoms with Crippen LogP contribution in [0.3, 0.4) is 0 Å². The van der Waals surface area contributed by atoms with Crippen LogP contribution in [-0.2, 0) is 6.42 Å². The Labute approximate surface area is 146 Å². The van der Waals surface area contributed by atoms with Gasteiger partial charge >= 0.3 is 0 Å². The second kappa shape index (κ2) is 8.73. The summed E-state index contributed by atoms with van der Waals surface area (Å²) in [4.78, 5) is 12.1. The number of carbonyl (C=O) groups excluding carboxylic acids is 1. The van der Waals surface area contributed by atoms with E-state index >= 15 is 0 Å². The Kier molecular flexibility index (Phi) is 6.66. The molecule has 0 bridgehead atoms. The largest absolute Gasteiger partial charge is 0.492 e. The monoisotopic (exact) mass is 375 g/mol. The zero-order valence-electron chi connectivity index (χ0n) is 13.5. The molecule has 0 spiro atoms. The van der Waals surface area contributed by atoms with E-state index < -0.39 is 0 Å². The number of halogens is 1. The molecule has 0 fully saturated rings. The molecule has 1 atom stereocenters. The fourth-order valence-electron chi connectivity index (χ4n) is 2.09. The van der Waals surface area contributed by atoms with Crippen molar-refractivity contribution in [3.63, 3.8) is 0 Å². The third kappa shape index (κ3) is 5.39. The minimum atomic E-state index is -0.0594. The van der Waals surface area contributed by atoms with Crippen LogP contribution in [0.2, 0.25) is 0 Å². The minimum Gasteiger partial charge on any atom is -0.492 e. The summed E-state index contributed by atoms with van der Waals surface area (Å²) in [6.07, 6.45) is 1.76. The molecule has 0 aliphatic carbocycles. The first-order valence-electron chi connectivity index (χ1n) is 7.87. The van der Waals surface area contributed by atoms with E-state index in [4.69, 9.17) is 4.74 Å². The van der Waals surface area contributed by atoms with Crippen molar-refractivity contribution in [2.45, 2.75) is 32.7 Å². The average Bonchev–Trinajstić information content (AvgIpc) is 2.57. The third-order valence-electron chi connectivity index (χ3n) is 3.68. The van der Waals surface area contributed by atoms with Gasteiger partial charge in [0.2, 0.25) is 0 Å². The first-order valence-corrected chi connectivity index (χ1v) is 8.66. The first-order chi connectivity index (χ1) is 11.1. The highest BCUT2D eigenvalue weighted by atomic mass is 79.9. The lowest BCUT2D eigenvalue weighted by Crippen LogP contribution is -2.31. The molecule has 0 heterocycles. The van der Waals surface area contributed by atoms with Crippen LogP contribution in [-0.4, -0.2) is 18.6 Å². The van der Waals surface area contributed by atoms with Gasteiger partial charge in [-0.05, 0) is 53.0 Å². The van der Waals surface area contributed by atoms with Crippen molar-refractivity contribution in [1.82, 2.24) is 5.32 Å². The maximum Gasteiger partial charge on any atom is 0.251 e. The predicted octanol–water partition coefficient (Wildman–Crippen LogP) is 4.60. The number of nitrogens with one attached hydrogen (secondary N) is 1. The topological polar surface area (TPSA) is 38.3 Å². The number of carbonyl (C=O) groups is 1. The average molecular weight is 376 g/mol. The van der Waals surface area contributed by atoms with Gasteiger partial charge in [-0.1, -0.05) is 37.3 Å². The van der Waals surface area contributed by atoms with Crippen molar-refractivity contribution >= 4 is 21.8 Å². The quantitative estimate of drug-likeness (QED) is 0.767. The van der Waals surface area contributed by atoms with E-state index in [0.29, 0.717) is 12.2 Å². The van der Waals surface area contributed by atoms with Crippen molar-refractivity contribution in [2.75, 3.05) is 6.61 Å². The van der Waals surface area contributed by atoms with E-state index in [1.807, 2.05) is 38.1 Å². The second-order valence-corrected chi connectivity index (χ2v) is 6.37. The van der Waals surface area contributed by atoms with Crippen LogP contribution >= 0.6 is 15.9 Å². The Hall–Kier alpha value is -1.81. The summed E-state index contributed by atoms with van der Waals surface area (Å²) < 4.78 is 6.59. The van der Waals surface area contributed by atoms with Gasteiger partial charge in [0.1, 0.15) is 5.75 Å².